The molecule has 0 spiro atoms. The topological polar surface area (TPSA) is 72.3 Å². The normalized spacial score (nSPS) is 11.1. The summed E-state index contributed by atoms with van der Waals surface area (Å²) in [6.45, 7) is 12.1. The number of fused-ring (bicyclic) bond motifs is 1. The number of aromatic nitrogens is 3. The van der Waals surface area contributed by atoms with E-state index >= 15 is 0 Å². The van der Waals surface area contributed by atoms with E-state index in [9.17, 15) is 4.79 Å². The van der Waals surface area contributed by atoms with Crippen molar-refractivity contribution in [2.75, 3.05) is 30.4 Å². The predicted octanol–water partition coefficient (Wildman–Crippen LogP) is 6.22. The van der Waals surface area contributed by atoms with Crippen LogP contribution in [0.5, 0.6) is 5.75 Å². The van der Waals surface area contributed by atoms with Crippen LogP contribution in [0.2, 0.25) is 0 Å². The summed E-state index contributed by atoms with van der Waals surface area (Å²) in [5.41, 5.74) is 7.61. The van der Waals surface area contributed by atoms with Crippen molar-refractivity contribution in [2.45, 2.75) is 34.6 Å². The van der Waals surface area contributed by atoms with Gasteiger partial charge in [0.2, 0.25) is 0 Å². The number of hydrogen-bond acceptors (Lipinski definition) is 5. The molecule has 4 rings (SSSR count). The highest BCUT2D eigenvalue weighted by atomic mass is 79.9. The van der Waals surface area contributed by atoms with Gasteiger partial charge in [0.05, 0.1) is 18.4 Å². The number of nitrogens with one attached hydrogen (secondary N) is 1. The summed E-state index contributed by atoms with van der Waals surface area (Å²) >= 11 is 3.47. The van der Waals surface area contributed by atoms with Crippen LogP contribution in [0.25, 0.3) is 16.7 Å². The molecule has 182 valence electrons. The van der Waals surface area contributed by atoms with E-state index < -0.39 is 0 Å². The van der Waals surface area contributed by atoms with Crippen molar-refractivity contribution in [1.29, 1.82) is 0 Å². The highest BCUT2D eigenvalue weighted by Crippen LogP contribution is 2.30. The van der Waals surface area contributed by atoms with E-state index in [1.54, 1.807) is 18.0 Å². The molecule has 0 aliphatic rings. The Morgan fingerprint density at radius 3 is 2.29 bits per heavy atom. The summed E-state index contributed by atoms with van der Waals surface area (Å²) < 4.78 is 6.30. The summed E-state index contributed by atoms with van der Waals surface area (Å²) in [5, 5.41) is 12.4. The molecule has 0 aliphatic carbocycles. The zero-order valence-corrected chi connectivity index (χ0v) is 22.5. The molecule has 0 aliphatic heterocycles. The number of anilines is 2. The maximum absolute atomic E-state index is 13.1. The van der Waals surface area contributed by atoms with Crippen LogP contribution >= 0.6 is 15.9 Å². The molecule has 7 nitrogen and oxygen atoms in total. The second-order valence-corrected chi connectivity index (χ2v) is 9.46. The molecule has 8 heteroatoms. The van der Waals surface area contributed by atoms with Crippen LogP contribution in [-0.4, -0.2) is 41.1 Å². The number of hydrogen-bond donors (Lipinski definition) is 1. The number of ether oxygens (including phenoxy) is 1. The third-order valence-corrected chi connectivity index (χ3v) is 6.65. The van der Waals surface area contributed by atoms with Crippen LogP contribution in [0.3, 0.4) is 0 Å². The van der Waals surface area contributed by atoms with Crippen molar-refractivity contribution in [1.82, 2.24) is 15.0 Å². The Morgan fingerprint density at radius 2 is 1.66 bits per heavy atom. The summed E-state index contributed by atoms with van der Waals surface area (Å²) in [6, 6.07) is 13.8. The smallest absolute Gasteiger partial charge is 0.259 e. The second-order valence-electron chi connectivity index (χ2n) is 8.55. The Bertz CT molecular complexity index is 1410. The molecule has 0 radical (unpaired) electrons. The molecule has 3 aromatic carbocycles. The first kappa shape index (κ1) is 24.7. The van der Waals surface area contributed by atoms with Crippen molar-refractivity contribution in [3.05, 3.63) is 69.2 Å². The summed E-state index contributed by atoms with van der Waals surface area (Å²) in [7, 11) is 1.57. The van der Waals surface area contributed by atoms with E-state index in [1.807, 2.05) is 32.0 Å². The molecular weight excluding hydrogens is 506 g/mol. The van der Waals surface area contributed by atoms with Gasteiger partial charge in [-0.25, -0.2) is 0 Å². The molecule has 0 atom stereocenters. The maximum Gasteiger partial charge on any atom is 0.259 e. The third kappa shape index (κ3) is 4.89. The molecule has 0 saturated heterocycles. The van der Waals surface area contributed by atoms with Gasteiger partial charge in [-0.15, -0.1) is 10.2 Å². The lowest BCUT2D eigenvalue weighted by molar-refractivity contribution is 0.102. The molecule has 1 heterocycles. The van der Waals surface area contributed by atoms with E-state index in [0.717, 1.165) is 45.5 Å². The van der Waals surface area contributed by atoms with E-state index in [4.69, 9.17) is 14.9 Å². The van der Waals surface area contributed by atoms with Gasteiger partial charge in [-0.1, -0.05) is 15.9 Å². The van der Waals surface area contributed by atoms with Gasteiger partial charge in [-0.3, -0.25) is 4.79 Å². The highest BCUT2D eigenvalue weighted by Gasteiger charge is 2.18. The molecule has 1 amide bonds. The monoisotopic (exact) mass is 535 g/mol. The Kier molecular flexibility index (Phi) is 7.12. The first-order valence-corrected chi connectivity index (χ1v) is 12.4. The van der Waals surface area contributed by atoms with Gasteiger partial charge in [0.15, 0.2) is 0 Å². The first-order valence-electron chi connectivity index (χ1n) is 11.6. The van der Waals surface area contributed by atoms with Crippen molar-refractivity contribution in [2.24, 2.45) is 0 Å². The fourth-order valence-corrected chi connectivity index (χ4v) is 4.89. The van der Waals surface area contributed by atoms with Gasteiger partial charge in [0.1, 0.15) is 16.8 Å². The fraction of sp³-hybridized carbons (Fsp3) is 0.296. The number of nitrogens with zero attached hydrogens (tertiary/aromatic N) is 4. The van der Waals surface area contributed by atoms with Gasteiger partial charge in [-0.05, 0) is 93.8 Å². The number of halogens is 1. The number of aryl methyl sites for hydroxylation is 3. The third-order valence-electron chi connectivity index (χ3n) is 6.19. The SMILES string of the molecule is CCN(CC)c1ccc(-n2nc3cc(C)c(NC(=O)c4cc(Br)cc(C)c4OC)cc3n2)c(C)c1. The van der Waals surface area contributed by atoms with Crippen LogP contribution in [0.4, 0.5) is 11.4 Å². The zero-order chi connectivity index (χ0) is 25.3. The lowest BCUT2D eigenvalue weighted by atomic mass is 10.1. The lowest BCUT2D eigenvalue weighted by Gasteiger charge is -2.22. The molecule has 1 N–H and O–H groups in total. The summed E-state index contributed by atoms with van der Waals surface area (Å²) in [5.74, 6) is 0.308. The quantitative estimate of drug-likeness (QED) is 0.304. The van der Waals surface area contributed by atoms with Gasteiger partial charge < -0.3 is 15.0 Å². The summed E-state index contributed by atoms with van der Waals surface area (Å²) in [4.78, 5) is 17.1. The van der Waals surface area contributed by atoms with Gasteiger partial charge >= 0.3 is 0 Å². The molecule has 1 aromatic heterocycles. The van der Waals surface area contributed by atoms with Crippen LogP contribution in [0, 0.1) is 20.8 Å². The minimum absolute atomic E-state index is 0.246. The van der Waals surface area contributed by atoms with Crippen LogP contribution in [-0.2, 0) is 0 Å². The minimum Gasteiger partial charge on any atom is -0.496 e. The average molecular weight is 536 g/mol. The predicted molar refractivity (Wildman–Crippen MR) is 145 cm³/mol. The van der Waals surface area contributed by atoms with Gasteiger partial charge in [0.25, 0.3) is 5.91 Å². The van der Waals surface area contributed by atoms with E-state index in [0.29, 0.717) is 22.5 Å². The maximum atomic E-state index is 13.1. The van der Waals surface area contributed by atoms with Gasteiger partial charge in [-0.2, -0.15) is 4.80 Å². The molecule has 35 heavy (non-hydrogen) atoms. The standard InChI is InChI=1S/C27H30BrN5O2/c1-7-32(8-2)20-9-10-25(17(4)12-20)33-30-23-13-16(3)22(15-24(23)31-33)29-27(34)21-14-19(28)11-18(5)26(21)35-6/h9-15H,7-8H2,1-6H3,(H,29,34). The van der Waals surface area contributed by atoms with Crippen molar-refractivity contribution in [3.8, 4) is 11.4 Å². The van der Waals surface area contributed by atoms with Crippen molar-refractivity contribution >= 4 is 44.2 Å². The second kappa shape index (κ2) is 10.1. The Labute approximate surface area is 214 Å². The number of benzene rings is 3. The Hall–Kier alpha value is -3.39. The lowest BCUT2D eigenvalue weighted by Crippen LogP contribution is -2.21. The largest absolute Gasteiger partial charge is 0.496 e. The molecule has 4 aromatic rings. The molecule has 0 unspecified atom stereocenters. The minimum atomic E-state index is -0.246. The van der Waals surface area contributed by atoms with Crippen LogP contribution < -0.4 is 15.0 Å². The summed E-state index contributed by atoms with van der Waals surface area (Å²) in [6.07, 6.45) is 0. The Balaban J connectivity index is 1.67. The van der Waals surface area contributed by atoms with Crippen LogP contribution in [0.1, 0.15) is 40.9 Å². The fourth-order valence-electron chi connectivity index (χ4n) is 4.32. The van der Waals surface area contributed by atoms with Crippen LogP contribution in [0.15, 0.2) is 46.9 Å². The number of carbonyl (C=O) groups is 1. The average Bonchev–Trinajstić information content (AvgIpc) is 3.22. The molecular formula is C27H30BrN5O2. The number of carbonyl (C=O) groups excluding carboxylic acids is 1. The van der Waals surface area contributed by atoms with Crippen molar-refractivity contribution < 1.29 is 9.53 Å². The number of methoxy groups -OCH3 is 1. The number of rotatable bonds is 7. The first-order chi connectivity index (χ1) is 16.7. The van der Waals surface area contributed by atoms with E-state index in [1.165, 1.54) is 5.69 Å². The Morgan fingerprint density at radius 1 is 0.971 bits per heavy atom. The molecule has 0 saturated carbocycles. The molecule has 0 fully saturated rings. The van der Waals surface area contributed by atoms with Crippen molar-refractivity contribution in [3.63, 3.8) is 0 Å². The van der Waals surface area contributed by atoms with Gasteiger partial charge in [0, 0.05) is 28.9 Å². The van der Waals surface area contributed by atoms with E-state index in [2.05, 4.69) is 65.1 Å². The molecule has 0 bridgehead atoms. The zero-order valence-electron chi connectivity index (χ0n) is 20.9. The van der Waals surface area contributed by atoms with E-state index in [-0.39, 0.29) is 5.91 Å². The highest BCUT2D eigenvalue weighted by molar-refractivity contribution is 9.10. The number of amides is 1.